The molecule has 0 unspecified atom stereocenters. The second kappa shape index (κ2) is 4.91. The number of fused-ring (bicyclic) bond motifs is 1. The van der Waals surface area contributed by atoms with Crippen molar-refractivity contribution in [3.05, 3.63) is 34.3 Å². The van der Waals surface area contributed by atoms with Gasteiger partial charge in [0, 0.05) is 12.0 Å². The first-order chi connectivity index (χ1) is 8.86. The van der Waals surface area contributed by atoms with Crippen LogP contribution in [0.2, 0.25) is 0 Å². The Labute approximate surface area is 111 Å². The minimum Gasteiger partial charge on any atom is -0.408 e. The summed E-state index contributed by atoms with van der Waals surface area (Å²) in [5.41, 5.74) is 1.90. The van der Waals surface area contributed by atoms with E-state index in [0.717, 1.165) is 5.56 Å². The SMILES string of the molecule is CC(C)(C)C(=O)NCCc1ccc2oc(=O)[nH]c2c1. The molecule has 5 heteroatoms. The first kappa shape index (κ1) is 13.4. The van der Waals surface area contributed by atoms with Gasteiger partial charge in [0.15, 0.2) is 5.58 Å². The lowest BCUT2D eigenvalue weighted by Crippen LogP contribution is -2.35. The first-order valence-corrected chi connectivity index (χ1v) is 6.26. The third kappa shape index (κ3) is 3.24. The van der Waals surface area contributed by atoms with Crippen LogP contribution >= 0.6 is 0 Å². The Morgan fingerprint density at radius 1 is 1.37 bits per heavy atom. The van der Waals surface area contributed by atoms with Gasteiger partial charge < -0.3 is 9.73 Å². The average molecular weight is 262 g/mol. The average Bonchev–Trinajstić information content (AvgIpc) is 2.67. The molecule has 0 aliphatic carbocycles. The molecule has 1 aromatic heterocycles. The minimum atomic E-state index is -0.451. The molecule has 0 radical (unpaired) electrons. The van der Waals surface area contributed by atoms with Gasteiger partial charge in [0.2, 0.25) is 5.91 Å². The maximum absolute atomic E-state index is 11.7. The quantitative estimate of drug-likeness (QED) is 0.886. The van der Waals surface area contributed by atoms with Gasteiger partial charge in [0.25, 0.3) is 0 Å². The van der Waals surface area contributed by atoms with Crippen molar-refractivity contribution in [2.75, 3.05) is 6.54 Å². The lowest BCUT2D eigenvalue weighted by Gasteiger charge is -2.17. The summed E-state index contributed by atoms with van der Waals surface area (Å²) >= 11 is 0. The van der Waals surface area contributed by atoms with Gasteiger partial charge in [-0.2, -0.15) is 0 Å². The van der Waals surface area contributed by atoms with Crippen LogP contribution < -0.4 is 11.1 Å². The summed E-state index contributed by atoms with van der Waals surface area (Å²) in [6.07, 6.45) is 0.713. The molecular weight excluding hydrogens is 244 g/mol. The van der Waals surface area contributed by atoms with Gasteiger partial charge in [-0.25, -0.2) is 4.79 Å². The number of benzene rings is 1. The standard InChI is InChI=1S/C14H18N2O3/c1-14(2,3)12(17)15-7-6-9-4-5-11-10(8-9)16-13(18)19-11/h4-5,8H,6-7H2,1-3H3,(H,15,17)(H,16,18). The Morgan fingerprint density at radius 2 is 2.11 bits per heavy atom. The van der Waals surface area contributed by atoms with E-state index in [1.54, 1.807) is 6.07 Å². The van der Waals surface area contributed by atoms with Crippen molar-refractivity contribution in [2.45, 2.75) is 27.2 Å². The number of amides is 1. The number of H-pyrrole nitrogens is 1. The summed E-state index contributed by atoms with van der Waals surface area (Å²) in [6, 6.07) is 5.51. The third-order valence-electron chi connectivity index (χ3n) is 2.86. The number of carbonyl (C=O) groups excluding carboxylic acids is 1. The topological polar surface area (TPSA) is 75.1 Å². The van der Waals surface area contributed by atoms with E-state index in [2.05, 4.69) is 10.3 Å². The molecule has 19 heavy (non-hydrogen) atoms. The highest BCUT2D eigenvalue weighted by Gasteiger charge is 2.20. The summed E-state index contributed by atoms with van der Waals surface area (Å²) in [7, 11) is 0. The Bertz CT molecular complexity index is 646. The van der Waals surface area contributed by atoms with Crippen molar-refractivity contribution in [2.24, 2.45) is 5.41 Å². The molecule has 2 aromatic rings. The fourth-order valence-corrected chi connectivity index (χ4v) is 1.74. The predicted octanol–water partition coefficient (Wildman–Crippen LogP) is 1.83. The van der Waals surface area contributed by atoms with Crippen LogP contribution in [-0.4, -0.2) is 17.4 Å². The van der Waals surface area contributed by atoms with E-state index in [0.29, 0.717) is 24.1 Å². The fourth-order valence-electron chi connectivity index (χ4n) is 1.74. The van der Waals surface area contributed by atoms with Gasteiger partial charge in [0.05, 0.1) is 5.52 Å². The minimum absolute atomic E-state index is 0.0327. The molecule has 0 aliphatic heterocycles. The molecule has 0 aliphatic rings. The van der Waals surface area contributed by atoms with E-state index in [1.807, 2.05) is 32.9 Å². The second-order valence-electron chi connectivity index (χ2n) is 5.60. The Kier molecular flexibility index (Phi) is 3.46. The van der Waals surface area contributed by atoms with Crippen LogP contribution in [0.5, 0.6) is 0 Å². The maximum atomic E-state index is 11.7. The van der Waals surface area contributed by atoms with E-state index < -0.39 is 5.76 Å². The molecule has 0 spiro atoms. The molecule has 0 saturated heterocycles. The van der Waals surface area contributed by atoms with E-state index in [-0.39, 0.29) is 11.3 Å². The van der Waals surface area contributed by atoms with Crippen LogP contribution in [0.3, 0.4) is 0 Å². The number of hydrogen-bond donors (Lipinski definition) is 2. The van der Waals surface area contributed by atoms with Gasteiger partial charge >= 0.3 is 5.76 Å². The Hall–Kier alpha value is -2.04. The van der Waals surface area contributed by atoms with E-state index in [4.69, 9.17) is 4.42 Å². The molecule has 2 N–H and O–H groups in total. The summed E-state index contributed by atoms with van der Waals surface area (Å²) < 4.78 is 4.93. The zero-order valence-corrected chi connectivity index (χ0v) is 11.4. The van der Waals surface area contributed by atoms with Crippen LogP contribution in [0, 0.1) is 5.41 Å². The summed E-state index contributed by atoms with van der Waals surface area (Å²) in [4.78, 5) is 25.3. The van der Waals surface area contributed by atoms with Crippen molar-refractivity contribution >= 4 is 17.0 Å². The highest BCUT2D eigenvalue weighted by Crippen LogP contribution is 2.14. The summed E-state index contributed by atoms with van der Waals surface area (Å²) in [5, 5.41) is 2.89. The molecule has 1 heterocycles. The zero-order valence-electron chi connectivity index (χ0n) is 11.4. The van der Waals surface area contributed by atoms with Crippen LogP contribution in [0.4, 0.5) is 0 Å². The maximum Gasteiger partial charge on any atom is 0.417 e. The molecule has 1 amide bonds. The molecule has 2 rings (SSSR count). The monoisotopic (exact) mass is 262 g/mol. The number of aromatic nitrogens is 1. The number of nitrogens with one attached hydrogen (secondary N) is 2. The van der Waals surface area contributed by atoms with E-state index in [9.17, 15) is 9.59 Å². The molecule has 0 fully saturated rings. The molecule has 0 bridgehead atoms. The van der Waals surface area contributed by atoms with Gasteiger partial charge in [-0.3, -0.25) is 9.78 Å². The lowest BCUT2D eigenvalue weighted by molar-refractivity contribution is -0.128. The van der Waals surface area contributed by atoms with Crippen LogP contribution in [0.25, 0.3) is 11.1 Å². The van der Waals surface area contributed by atoms with E-state index in [1.165, 1.54) is 0 Å². The number of oxazole rings is 1. The smallest absolute Gasteiger partial charge is 0.408 e. The summed E-state index contributed by atoms with van der Waals surface area (Å²) in [5.74, 6) is -0.418. The van der Waals surface area contributed by atoms with Crippen molar-refractivity contribution in [1.82, 2.24) is 10.3 Å². The van der Waals surface area contributed by atoms with Crippen LogP contribution in [-0.2, 0) is 11.2 Å². The van der Waals surface area contributed by atoms with Crippen molar-refractivity contribution in [1.29, 1.82) is 0 Å². The highest BCUT2D eigenvalue weighted by molar-refractivity contribution is 5.81. The van der Waals surface area contributed by atoms with Crippen molar-refractivity contribution in [3.8, 4) is 0 Å². The molecule has 5 nitrogen and oxygen atoms in total. The van der Waals surface area contributed by atoms with Gasteiger partial charge in [0.1, 0.15) is 0 Å². The van der Waals surface area contributed by atoms with Crippen molar-refractivity contribution in [3.63, 3.8) is 0 Å². The normalized spacial score (nSPS) is 11.7. The largest absolute Gasteiger partial charge is 0.417 e. The van der Waals surface area contributed by atoms with E-state index >= 15 is 0 Å². The van der Waals surface area contributed by atoms with Gasteiger partial charge in [-0.1, -0.05) is 26.8 Å². The molecular formula is C14H18N2O3. The molecule has 102 valence electrons. The second-order valence-corrected chi connectivity index (χ2v) is 5.60. The number of rotatable bonds is 3. The fraction of sp³-hybridized carbons (Fsp3) is 0.429. The van der Waals surface area contributed by atoms with Gasteiger partial charge in [-0.15, -0.1) is 0 Å². The number of carbonyl (C=O) groups is 1. The first-order valence-electron chi connectivity index (χ1n) is 6.26. The lowest BCUT2D eigenvalue weighted by atomic mass is 9.95. The van der Waals surface area contributed by atoms with Crippen LogP contribution in [0.1, 0.15) is 26.3 Å². The Morgan fingerprint density at radius 3 is 2.79 bits per heavy atom. The number of hydrogen-bond acceptors (Lipinski definition) is 3. The number of aromatic amines is 1. The predicted molar refractivity (Wildman–Crippen MR) is 73.0 cm³/mol. The molecule has 0 saturated carbocycles. The Balaban J connectivity index is 1.98. The highest BCUT2D eigenvalue weighted by atomic mass is 16.4. The van der Waals surface area contributed by atoms with Gasteiger partial charge in [-0.05, 0) is 24.1 Å². The molecule has 1 aromatic carbocycles. The van der Waals surface area contributed by atoms with Crippen LogP contribution in [0.15, 0.2) is 27.4 Å². The summed E-state index contributed by atoms with van der Waals surface area (Å²) in [6.45, 7) is 6.21. The zero-order chi connectivity index (χ0) is 14.0. The van der Waals surface area contributed by atoms with Crippen molar-refractivity contribution < 1.29 is 9.21 Å². The molecule has 0 atom stereocenters. The third-order valence-corrected chi connectivity index (χ3v) is 2.86.